The highest BCUT2D eigenvalue weighted by Gasteiger charge is 2.23. The molecule has 2 heterocycles. The Balaban J connectivity index is 2.24. The van der Waals surface area contributed by atoms with Crippen LogP contribution in [0.2, 0.25) is 4.34 Å². The van der Waals surface area contributed by atoms with Crippen LogP contribution in [-0.2, 0) is 16.6 Å². The molecule has 1 unspecified atom stereocenters. The van der Waals surface area contributed by atoms with E-state index < -0.39 is 10.0 Å². The van der Waals surface area contributed by atoms with E-state index in [1.807, 2.05) is 0 Å². The summed E-state index contributed by atoms with van der Waals surface area (Å²) in [6.45, 7) is 3.34. The Kier molecular flexibility index (Phi) is 4.88. The Bertz CT molecular complexity index is 705. The zero-order chi connectivity index (χ0) is 14.9. The van der Waals surface area contributed by atoms with E-state index in [1.165, 1.54) is 28.7 Å². The number of halogens is 1. The summed E-state index contributed by atoms with van der Waals surface area (Å²) in [6, 6.07) is 4.71. The third-order valence-corrected chi connectivity index (χ3v) is 6.97. The normalized spacial score (nSPS) is 13.6. The van der Waals surface area contributed by atoms with E-state index in [9.17, 15) is 8.42 Å². The van der Waals surface area contributed by atoms with Gasteiger partial charge in [0.2, 0.25) is 10.0 Å². The van der Waals surface area contributed by atoms with Gasteiger partial charge in [-0.15, -0.1) is 22.7 Å². The highest BCUT2D eigenvalue weighted by molar-refractivity contribution is 7.89. The fourth-order valence-electron chi connectivity index (χ4n) is 1.78. The van der Waals surface area contributed by atoms with Crippen LogP contribution in [-0.4, -0.2) is 13.5 Å². The third-order valence-electron chi connectivity index (χ3n) is 2.72. The van der Waals surface area contributed by atoms with E-state index >= 15 is 0 Å². The van der Waals surface area contributed by atoms with Gasteiger partial charge < -0.3 is 5.11 Å². The standard InChI is InChI=1S/C12H14ClNO3S3/c1-7(10-3-4-12(13)19-10)14-20(16,17)11-5-9(6-15)18-8(11)2/h3-5,7,14-15H,6H2,1-2H3. The predicted octanol–water partition coefficient (Wildman–Crippen LogP) is 3.30. The number of hydrogen-bond donors (Lipinski definition) is 2. The van der Waals surface area contributed by atoms with Crippen molar-refractivity contribution < 1.29 is 13.5 Å². The Morgan fingerprint density at radius 2 is 2.10 bits per heavy atom. The van der Waals surface area contributed by atoms with Crippen molar-refractivity contribution in [3.8, 4) is 0 Å². The van der Waals surface area contributed by atoms with Gasteiger partial charge in [-0.3, -0.25) is 0 Å². The highest BCUT2D eigenvalue weighted by atomic mass is 35.5. The predicted molar refractivity (Wildman–Crippen MR) is 83.0 cm³/mol. The summed E-state index contributed by atoms with van der Waals surface area (Å²) in [5.41, 5.74) is 0. The SMILES string of the molecule is Cc1sc(CO)cc1S(=O)(=O)NC(C)c1ccc(Cl)s1. The molecule has 110 valence electrons. The van der Waals surface area contributed by atoms with Gasteiger partial charge in [-0.1, -0.05) is 11.6 Å². The Morgan fingerprint density at radius 1 is 1.40 bits per heavy atom. The molecule has 2 aromatic rings. The van der Waals surface area contributed by atoms with Gasteiger partial charge in [-0.25, -0.2) is 13.1 Å². The molecule has 0 aliphatic rings. The number of nitrogens with one attached hydrogen (secondary N) is 1. The van der Waals surface area contributed by atoms with Crippen LogP contribution in [0.25, 0.3) is 0 Å². The molecule has 0 aromatic carbocycles. The van der Waals surface area contributed by atoms with E-state index in [0.717, 1.165) is 4.88 Å². The minimum atomic E-state index is -3.61. The molecule has 0 aliphatic carbocycles. The molecule has 0 radical (unpaired) electrons. The van der Waals surface area contributed by atoms with Crippen LogP contribution in [0, 0.1) is 6.92 Å². The molecule has 0 aliphatic heterocycles. The zero-order valence-corrected chi connectivity index (χ0v) is 14.1. The van der Waals surface area contributed by atoms with Crippen molar-refractivity contribution in [1.82, 2.24) is 4.72 Å². The van der Waals surface area contributed by atoms with Gasteiger partial charge in [0.05, 0.1) is 21.9 Å². The van der Waals surface area contributed by atoms with E-state index in [4.69, 9.17) is 16.7 Å². The van der Waals surface area contributed by atoms with Crippen LogP contribution in [0.4, 0.5) is 0 Å². The van der Waals surface area contributed by atoms with Gasteiger partial charge in [-0.2, -0.15) is 0 Å². The second-order valence-corrected chi connectivity index (χ2v) is 9.05. The number of aliphatic hydroxyl groups excluding tert-OH is 1. The molecule has 20 heavy (non-hydrogen) atoms. The van der Waals surface area contributed by atoms with Crippen LogP contribution in [0.15, 0.2) is 23.1 Å². The monoisotopic (exact) mass is 351 g/mol. The molecule has 2 rings (SSSR count). The van der Waals surface area contributed by atoms with Gasteiger partial charge in [-0.05, 0) is 32.0 Å². The number of rotatable bonds is 5. The van der Waals surface area contributed by atoms with Crippen LogP contribution in [0.3, 0.4) is 0 Å². The first-order valence-electron chi connectivity index (χ1n) is 5.81. The average Bonchev–Trinajstić information content (AvgIpc) is 2.95. The van der Waals surface area contributed by atoms with Crippen molar-refractivity contribution >= 4 is 44.3 Å². The second kappa shape index (κ2) is 6.13. The third kappa shape index (κ3) is 3.41. The number of thiophene rings is 2. The molecule has 2 aromatic heterocycles. The first kappa shape index (κ1) is 15.9. The summed E-state index contributed by atoms with van der Waals surface area (Å²) < 4.78 is 28.0. The van der Waals surface area contributed by atoms with Crippen molar-refractivity contribution in [3.05, 3.63) is 37.2 Å². The first-order valence-corrected chi connectivity index (χ1v) is 9.30. The molecule has 2 N–H and O–H groups in total. The van der Waals surface area contributed by atoms with Crippen LogP contribution >= 0.6 is 34.3 Å². The Morgan fingerprint density at radius 3 is 2.60 bits per heavy atom. The molecule has 0 bridgehead atoms. The Hall–Kier alpha value is -0.440. The number of hydrogen-bond acceptors (Lipinski definition) is 5. The molecule has 0 amide bonds. The lowest BCUT2D eigenvalue weighted by Gasteiger charge is -2.12. The second-order valence-electron chi connectivity index (χ2n) is 4.28. The average molecular weight is 352 g/mol. The zero-order valence-electron chi connectivity index (χ0n) is 10.9. The molecule has 8 heteroatoms. The van der Waals surface area contributed by atoms with Crippen molar-refractivity contribution in [1.29, 1.82) is 0 Å². The van der Waals surface area contributed by atoms with E-state index in [2.05, 4.69) is 4.72 Å². The molecule has 0 saturated heterocycles. The molecule has 0 fully saturated rings. The van der Waals surface area contributed by atoms with Crippen molar-refractivity contribution in [2.24, 2.45) is 0 Å². The minimum absolute atomic E-state index is 0.156. The summed E-state index contributed by atoms with van der Waals surface area (Å²) in [5.74, 6) is 0. The van der Waals surface area contributed by atoms with Gasteiger partial charge in [0.15, 0.2) is 0 Å². The number of aryl methyl sites for hydroxylation is 1. The van der Waals surface area contributed by atoms with Crippen LogP contribution in [0.5, 0.6) is 0 Å². The summed E-state index contributed by atoms with van der Waals surface area (Å²) in [5, 5.41) is 9.09. The van der Waals surface area contributed by atoms with Crippen LogP contribution < -0.4 is 4.72 Å². The van der Waals surface area contributed by atoms with E-state index in [0.29, 0.717) is 14.1 Å². The summed E-state index contributed by atoms with van der Waals surface area (Å²) in [4.78, 5) is 2.38. The maximum absolute atomic E-state index is 12.4. The lowest BCUT2D eigenvalue weighted by molar-refractivity contribution is 0.285. The maximum atomic E-state index is 12.4. The molecular weight excluding hydrogens is 338 g/mol. The molecule has 4 nitrogen and oxygen atoms in total. The maximum Gasteiger partial charge on any atom is 0.242 e. The van der Waals surface area contributed by atoms with E-state index in [1.54, 1.807) is 26.0 Å². The fraction of sp³-hybridized carbons (Fsp3) is 0.333. The van der Waals surface area contributed by atoms with Gasteiger partial charge in [0, 0.05) is 14.6 Å². The molecular formula is C12H14ClNO3S3. The Labute approximate surface area is 131 Å². The lowest BCUT2D eigenvalue weighted by atomic mass is 10.3. The lowest BCUT2D eigenvalue weighted by Crippen LogP contribution is -2.26. The first-order chi connectivity index (χ1) is 9.33. The number of sulfonamides is 1. The largest absolute Gasteiger partial charge is 0.391 e. The van der Waals surface area contributed by atoms with Gasteiger partial charge >= 0.3 is 0 Å². The fourth-order valence-corrected chi connectivity index (χ4v) is 5.64. The van der Waals surface area contributed by atoms with Crippen molar-refractivity contribution in [3.63, 3.8) is 0 Å². The van der Waals surface area contributed by atoms with Crippen molar-refractivity contribution in [2.75, 3.05) is 0 Å². The summed E-state index contributed by atoms with van der Waals surface area (Å²) in [6.07, 6.45) is 0. The molecule has 0 saturated carbocycles. The van der Waals surface area contributed by atoms with Gasteiger partial charge in [0.1, 0.15) is 0 Å². The highest BCUT2D eigenvalue weighted by Crippen LogP contribution is 2.30. The molecule has 1 atom stereocenters. The topological polar surface area (TPSA) is 66.4 Å². The van der Waals surface area contributed by atoms with Gasteiger partial charge in [0.25, 0.3) is 0 Å². The quantitative estimate of drug-likeness (QED) is 0.868. The summed E-state index contributed by atoms with van der Waals surface area (Å²) >= 11 is 8.48. The number of aliphatic hydroxyl groups is 1. The smallest absolute Gasteiger partial charge is 0.242 e. The minimum Gasteiger partial charge on any atom is -0.391 e. The van der Waals surface area contributed by atoms with Crippen molar-refractivity contribution in [2.45, 2.75) is 31.4 Å². The summed E-state index contributed by atoms with van der Waals surface area (Å²) in [7, 11) is -3.61. The molecule has 0 spiro atoms. The van der Waals surface area contributed by atoms with E-state index in [-0.39, 0.29) is 17.5 Å². The van der Waals surface area contributed by atoms with Crippen LogP contribution in [0.1, 0.15) is 27.6 Å².